The highest BCUT2D eigenvalue weighted by Gasteiger charge is 2.09. The predicted octanol–water partition coefficient (Wildman–Crippen LogP) is 2.65. The van der Waals surface area contributed by atoms with Gasteiger partial charge in [0.2, 0.25) is 11.8 Å². The van der Waals surface area contributed by atoms with Crippen molar-refractivity contribution in [3.63, 3.8) is 0 Å². The van der Waals surface area contributed by atoms with E-state index < -0.39 is 0 Å². The van der Waals surface area contributed by atoms with E-state index in [4.69, 9.17) is 5.73 Å². The number of carbonyl (C=O) groups excluding carboxylic acids is 2. The Hall–Kier alpha value is -1.59. The number of hydrogen-bond acceptors (Lipinski definition) is 3. The van der Waals surface area contributed by atoms with E-state index in [1.54, 1.807) is 0 Å². The summed E-state index contributed by atoms with van der Waals surface area (Å²) in [5.74, 6) is 0.413. The molecule has 136 valence electrons. The molecular formula is C18H30ClN3O2. The third-order valence-corrected chi connectivity index (χ3v) is 3.73. The van der Waals surface area contributed by atoms with E-state index in [1.807, 2.05) is 19.1 Å². The first-order valence-corrected chi connectivity index (χ1v) is 8.32. The van der Waals surface area contributed by atoms with Gasteiger partial charge < -0.3 is 16.4 Å². The molecule has 2 amide bonds. The third-order valence-electron chi connectivity index (χ3n) is 3.73. The van der Waals surface area contributed by atoms with E-state index in [2.05, 4.69) is 36.6 Å². The van der Waals surface area contributed by atoms with Gasteiger partial charge in [0.15, 0.2) is 0 Å². The summed E-state index contributed by atoms with van der Waals surface area (Å²) in [4.78, 5) is 23.1. The lowest BCUT2D eigenvalue weighted by molar-refractivity contribution is -0.122. The molecule has 0 heterocycles. The molecule has 4 N–H and O–H groups in total. The second-order valence-corrected chi connectivity index (χ2v) is 6.04. The van der Waals surface area contributed by atoms with E-state index in [-0.39, 0.29) is 30.3 Å². The lowest BCUT2D eigenvalue weighted by Gasteiger charge is -2.14. The fraction of sp³-hybridized carbons (Fsp3) is 0.556. The summed E-state index contributed by atoms with van der Waals surface area (Å²) in [6, 6.07) is 7.97. The molecule has 1 rings (SSSR count). The average molecular weight is 356 g/mol. The number of benzene rings is 1. The second kappa shape index (κ2) is 11.9. The maximum atomic E-state index is 11.8. The molecule has 24 heavy (non-hydrogen) atoms. The van der Waals surface area contributed by atoms with Crippen LogP contribution < -0.4 is 16.4 Å². The van der Waals surface area contributed by atoms with Gasteiger partial charge >= 0.3 is 0 Å². The first-order valence-electron chi connectivity index (χ1n) is 8.32. The number of carbonyl (C=O) groups is 2. The first kappa shape index (κ1) is 22.4. The highest BCUT2D eigenvalue weighted by atomic mass is 35.5. The van der Waals surface area contributed by atoms with Crippen LogP contribution in [-0.2, 0) is 9.59 Å². The highest BCUT2D eigenvalue weighted by Crippen LogP contribution is 2.17. The number of nitrogens with two attached hydrogens (primary N) is 1. The van der Waals surface area contributed by atoms with Gasteiger partial charge in [0.05, 0.1) is 0 Å². The van der Waals surface area contributed by atoms with Gasteiger partial charge in [-0.3, -0.25) is 9.59 Å². The fourth-order valence-electron chi connectivity index (χ4n) is 2.25. The Morgan fingerprint density at radius 1 is 1.00 bits per heavy atom. The summed E-state index contributed by atoms with van der Waals surface area (Å²) in [5, 5.41) is 5.54. The summed E-state index contributed by atoms with van der Waals surface area (Å²) in [6.45, 7) is 7.20. The molecule has 1 unspecified atom stereocenters. The van der Waals surface area contributed by atoms with E-state index in [1.165, 1.54) is 5.56 Å². The molecule has 0 aliphatic heterocycles. The lowest BCUT2D eigenvalue weighted by Crippen LogP contribution is -2.32. The Bertz CT molecular complexity index is 503. The largest absolute Gasteiger partial charge is 0.356 e. The topological polar surface area (TPSA) is 84.2 Å². The van der Waals surface area contributed by atoms with Gasteiger partial charge in [-0.25, -0.2) is 0 Å². The van der Waals surface area contributed by atoms with Crippen molar-refractivity contribution in [3.8, 4) is 0 Å². The average Bonchev–Trinajstić information content (AvgIpc) is 2.53. The molecule has 0 fully saturated rings. The standard InChI is InChI=1S/C18H29N3O2.ClH/c1-4-20-17(22)6-5-7-18(23)21-12-16(19)15-10-8-14(9-11-15)13(2)3;/h8-11,13,16H,4-7,12,19H2,1-3H3,(H,20,22)(H,21,23);1H. The van der Waals surface area contributed by atoms with Crippen molar-refractivity contribution in [3.05, 3.63) is 35.4 Å². The predicted molar refractivity (Wildman–Crippen MR) is 100 cm³/mol. The van der Waals surface area contributed by atoms with Crippen molar-refractivity contribution in [2.24, 2.45) is 5.73 Å². The Morgan fingerprint density at radius 2 is 1.50 bits per heavy atom. The fourth-order valence-corrected chi connectivity index (χ4v) is 2.25. The van der Waals surface area contributed by atoms with Crippen molar-refractivity contribution >= 4 is 24.2 Å². The molecule has 0 bridgehead atoms. The zero-order valence-electron chi connectivity index (χ0n) is 14.8. The molecule has 0 saturated carbocycles. The van der Waals surface area contributed by atoms with E-state index >= 15 is 0 Å². The molecule has 0 aliphatic carbocycles. The molecule has 5 nitrogen and oxygen atoms in total. The van der Waals surface area contributed by atoms with Crippen molar-refractivity contribution in [1.82, 2.24) is 10.6 Å². The van der Waals surface area contributed by atoms with Crippen molar-refractivity contribution in [1.29, 1.82) is 0 Å². The number of rotatable bonds is 9. The molecule has 0 aromatic heterocycles. The molecule has 1 aromatic rings. The van der Waals surface area contributed by atoms with E-state index in [0.29, 0.717) is 38.3 Å². The van der Waals surface area contributed by atoms with Gasteiger partial charge in [0, 0.05) is 32.0 Å². The summed E-state index contributed by atoms with van der Waals surface area (Å²) >= 11 is 0. The SMILES string of the molecule is CCNC(=O)CCCC(=O)NCC(N)c1ccc(C(C)C)cc1.Cl. The number of hydrogen-bond donors (Lipinski definition) is 3. The molecule has 0 aliphatic rings. The summed E-state index contributed by atoms with van der Waals surface area (Å²) < 4.78 is 0. The van der Waals surface area contributed by atoms with Crippen LogP contribution in [0.15, 0.2) is 24.3 Å². The monoisotopic (exact) mass is 355 g/mol. The van der Waals surface area contributed by atoms with Crippen LogP contribution in [0.1, 0.15) is 63.1 Å². The van der Waals surface area contributed by atoms with Crippen molar-refractivity contribution in [2.75, 3.05) is 13.1 Å². The summed E-state index contributed by atoms with van der Waals surface area (Å²) in [5.41, 5.74) is 8.39. The zero-order chi connectivity index (χ0) is 17.2. The minimum absolute atomic E-state index is 0. The molecule has 0 saturated heterocycles. The third kappa shape index (κ3) is 8.31. The van der Waals surface area contributed by atoms with Crippen molar-refractivity contribution in [2.45, 2.75) is 52.0 Å². The highest BCUT2D eigenvalue weighted by molar-refractivity contribution is 5.85. The van der Waals surface area contributed by atoms with Crippen LogP contribution >= 0.6 is 12.4 Å². The molecule has 1 aromatic carbocycles. The van der Waals surface area contributed by atoms with Crippen LogP contribution in [-0.4, -0.2) is 24.9 Å². The lowest BCUT2D eigenvalue weighted by atomic mass is 9.99. The van der Waals surface area contributed by atoms with Gasteiger partial charge in [-0.2, -0.15) is 0 Å². The van der Waals surface area contributed by atoms with Gasteiger partial charge in [-0.1, -0.05) is 38.1 Å². The number of amides is 2. The number of halogens is 1. The van der Waals surface area contributed by atoms with Crippen LogP contribution in [0.3, 0.4) is 0 Å². The van der Waals surface area contributed by atoms with Gasteiger partial charge in [-0.15, -0.1) is 12.4 Å². The van der Waals surface area contributed by atoms with Crippen LogP contribution in [0, 0.1) is 0 Å². The van der Waals surface area contributed by atoms with Gasteiger partial charge in [-0.05, 0) is 30.4 Å². The molecule has 6 heteroatoms. The van der Waals surface area contributed by atoms with Crippen LogP contribution in [0.4, 0.5) is 0 Å². The molecule has 1 atom stereocenters. The maximum absolute atomic E-state index is 11.8. The Kier molecular flexibility index (Phi) is 11.1. The van der Waals surface area contributed by atoms with Gasteiger partial charge in [0.1, 0.15) is 0 Å². The first-order chi connectivity index (χ1) is 10.9. The van der Waals surface area contributed by atoms with Crippen LogP contribution in [0.25, 0.3) is 0 Å². The van der Waals surface area contributed by atoms with E-state index in [0.717, 1.165) is 5.56 Å². The Labute approximate surface area is 151 Å². The summed E-state index contributed by atoms with van der Waals surface area (Å²) in [6.07, 6.45) is 1.27. The normalized spacial score (nSPS) is 11.5. The maximum Gasteiger partial charge on any atom is 0.220 e. The summed E-state index contributed by atoms with van der Waals surface area (Å²) in [7, 11) is 0. The second-order valence-electron chi connectivity index (χ2n) is 6.04. The van der Waals surface area contributed by atoms with Gasteiger partial charge in [0.25, 0.3) is 0 Å². The smallest absolute Gasteiger partial charge is 0.220 e. The Balaban J connectivity index is 0.00000529. The van der Waals surface area contributed by atoms with Crippen LogP contribution in [0.2, 0.25) is 0 Å². The molecule has 0 radical (unpaired) electrons. The minimum atomic E-state index is -0.219. The quantitative estimate of drug-likeness (QED) is 0.636. The minimum Gasteiger partial charge on any atom is -0.356 e. The zero-order valence-corrected chi connectivity index (χ0v) is 15.6. The van der Waals surface area contributed by atoms with E-state index in [9.17, 15) is 9.59 Å². The molecular weight excluding hydrogens is 326 g/mol. The number of nitrogens with one attached hydrogen (secondary N) is 2. The van der Waals surface area contributed by atoms with Crippen LogP contribution in [0.5, 0.6) is 0 Å². The molecule has 0 spiro atoms. The van der Waals surface area contributed by atoms with Crippen molar-refractivity contribution < 1.29 is 9.59 Å². The Morgan fingerprint density at radius 3 is 2.00 bits per heavy atom.